The zero-order valence-corrected chi connectivity index (χ0v) is 18.8. The van der Waals surface area contributed by atoms with E-state index >= 15 is 0 Å². The molecule has 0 amide bonds. The zero-order valence-electron chi connectivity index (χ0n) is 17.2. The molecule has 0 aliphatic carbocycles. The van der Waals surface area contributed by atoms with Gasteiger partial charge in [-0.05, 0) is 24.2 Å². The summed E-state index contributed by atoms with van der Waals surface area (Å²) in [6, 6.07) is 1.89. The Kier molecular flexibility index (Phi) is 6.91. The van der Waals surface area contributed by atoms with E-state index in [2.05, 4.69) is 38.5 Å². The Labute approximate surface area is 186 Å². The van der Waals surface area contributed by atoms with Crippen molar-refractivity contribution in [2.45, 2.75) is 26.3 Å². The molecule has 2 saturated heterocycles. The molecule has 160 valence electrons. The standard InChI is InChI=1S/C22H27ClN4O2S/c1-22(16-28)4-6-27(7-5-22)19-12-20(23)24-13-17(19)2-3-18-14-25-21(30-18)15-26-8-10-29-11-9-26/h12-14,28H,4-11,15-16H2,1H3. The number of ether oxygens (including phenoxy) is 1. The fourth-order valence-electron chi connectivity index (χ4n) is 3.74. The Morgan fingerprint density at radius 2 is 1.93 bits per heavy atom. The SMILES string of the molecule is CC1(CO)CCN(c2cc(Cl)ncc2C#Cc2cnc(CN3CCOCC3)s2)CC1. The minimum absolute atomic E-state index is 0.00130. The van der Waals surface area contributed by atoms with Gasteiger partial charge in [-0.15, -0.1) is 11.3 Å². The third kappa shape index (κ3) is 5.32. The van der Waals surface area contributed by atoms with E-state index < -0.39 is 0 Å². The predicted octanol–water partition coefficient (Wildman–Crippen LogP) is 3.02. The van der Waals surface area contributed by atoms with Gasteiger partial charge in [0.05, 0.1) is 42.1 Å². The lowest BCUT2D eigenvalue weighted by atomic mass is 9.81. The number of nitrogens with zero attached hydrogens (tertiary/aromatic N) is 4. The monoisotopic (exact) mass is 446 g/mol. The van der Waals surface area contributed by atoms with Crippen LogP contribution in [0.3, 0.4) is 0 Å². The second-order valence-corrected chi connectivity index (χ2v) is 9.74. The van der Waals surface area contributed by atoms with Crippen molar-refractivity contribution in [2.75, 3.05) is 50.9 Å². The van der Waals surface area contributed by atoms with Crippen molar-refractivity contribution in [3.63, 3.8) is 0 Å². The van der Waals surface area contributed by atoms with Crippen LogP contribution in [0, 0.1) is 17.3 Å². The quantitative estimate of drug-likeness (QED) is 0.575. The van der Waals surface area contributed by atoms with Gasteiger partial charge in [-0.1, -0.05) is 24.4 Å². The topological polar surface area (TPSA) is 61.7 Å². The van der Waals surface area contributed by atoms with Crippen molar-refractivity contribution < 1.29 is 9.84 Å². The van der Waals surface area contributed by atoms with Gasteiger partial charge in [-0.25, -0.2) is 9.97 Å². The predicted molar refractivity (Wildman–Crippen MR) is 120 cm³/mol. The van der Waals surface area contributed by atoms with Gasteiger partial charge in [0.2, 0.25) is 0 Å². The third-order valence-corrected chi connectivity index (χ3v) is 6.98. The Balaban J connectivity index is 1.47. The van der Waals surface area contributed by atoms with E-state index in [1.165, 1.54) is 0 Å². The highest BCUT2D eigenvalue weighted by Gasteiger charge is 2.30. The lowest BCUT2D eigenvalue weighted by Crippen LogP contribution is -2.40. The van der Waals surface area contributed by atoms with Crippen molar-refractivity contribution in [1.82, 2.24) is 14.9 Å². The number of rotatable bonds is 4. The molecule has 8 heteroatoms. The van der Waals surface area contributed by atoms with Gasteiger partial charge in [0.25, 0.3) is 0 Å². The summed E-state index contributed by atoms with van der Waals surface area (Å²) in [5, 5.41) is 11.2. The second-order valence-electron chi connectivity index (χ2n) is 8.24. The van der Waals surface area contributed by atoms with Crippen molar-refractivity contribution in [3.8, 4) is 11.8 Å². The van der Waals surface area contributed by atoms with Crippen LogP contribution in [0.15, 0.2) is 18.5 Å². The van der Waals surface area contributed by atoms with Crippen LogP contribution in [0.2, 0.25) is 5.15 Å². The second kappa shape index (κ2) is 9.63. The molecule has 2 aliphatic rings. The summed E-state index contributed by atoms with van der Waals surface area (Å²) in [6.07, 6.45) is 5.48. The first-order chi connectivity index (χ1) is 14.5. The number of piperidine rings is 1. The average Bonchev–Trinajstić information content (AvgIpc) is 3.21. The normalized spacial score (nSPS) is 19.4. The summed E-state index contributed by atoms with van der Waals surface area (Å²) in [5.74, 6) is 6.54. The number of thiazole rings is 1. The van der Waals surface area contributed by atoms with Crippen LogP contribution in [0.4, 0.5) is 5.69 Å². The first-order valence-electron chi connectivity index (χ1n) is 10.3. The van der Waals surface area contributed by atoms with Crippen molar-refractivity contribution in [3.05, 3.63) is 39.1 Å². The Hall–Kier alpha value is -1.69. The minimum Gasteiger partial charge on any atom is -0.396 e. The molecule has 2 aromatic heterocycles. The zero-order chi connectivity index (χ0) is 21.0. The molecule has 2 fully saturated rings. The van der Waals surface area contributed by atoms with Gasteiger partial charge in [0.1, 0.15) is 10.2 Å². The number of hydrogen-bond acceptors (Lipinski definition) is 7. The van der Waals surface area contributed by atoms with Gasteiger partial charge in [-0.2, -0.15) is 0 Å². The fraction of sp³-hybridized carbons (Fsp3) is 0.545. The lowest BCUT2D eigenvalue weighted by molar-refractivity contribution is 0.0341. The highest BCUT2D eigenvalue weighted by atomic mass is 35.5. The van der Waals surface area contributed by atoms with Gasteiger partial charge in [0, 0.05) is 45.0 Å². The molecule has 1 N–H and O–H groups in total. The number of aromatic nitrogens is 2. The van der Waals surface area contributed by atoms with Crippen LogP contribution >= 0.6 is 22.9 Å². The molecule has 0 aromatic carbocycles. The summed E-state index contributed by atoms with van der Waals surface area (Å²) in [7, 11) is 0. The van der Waals surface area contributed by atoms with Gasteiger partial charge in [0.15, 0.2) is 0 Å². The third-order valence-electron chi connectivity index (χ3n) is 5.88. The van der Waals surface area contributed by atoms with Crippen LogP contribution in [-0.4, -0.2) is 66.0 Å². The van der Waals surface area contributed by atoms with Gasteiger partial charge in [-0.3, -0.25) is 4.90 Å². The molecular formula is C22H27ClN4O2S. The Morgan fingerprint density at radius 1 is 1.17 bits per heavy atom. The van der Waals surface area contributed by atoms with E-state index in [0.29, 0.717) is 5.15 Å². The van der Waals surface area contributed by atoms with Gasteiger partial charge < -0.3 is 14.7 Å². The van der Waals surface area contributed by atoms with Crippen LogP contribution in [-0.2, 0) is 11.3 Å². The molecule has 0 spiro atoms. The largest absolute Gasteiger partial charge is 0.396 e. The highest BCUT2D eigenvalue weighted by molar-refractivity contribution is 7.12. The molecule has 4 heterocycles. The van der Waals surface area contributed by atoms with Crippen LogP contribution in [0.25, 0.3) is 0 Å². The van der Waals surface area contributed by atoms with E-state index in [9.17, 15) is 5.11 Å². The lowest BCUT2D eigenvalue weighted by Gasteiger charge is -2.39. The first-order valence-corrected chi connectivity index (χ1v) is 11.5. The summed E-state index contributed by atoms with van der Waals surface area (Å²) in [6.45, 7) is 8.44. The molecule has 0 radical (unpaired) electrons. The maximum Gasteiger partial charge on any atom is 0.131 e. The molecule has 4 rings (SSSR count). The van der Waals surface area contributed by atoms with E-state index in [-0.39, 0.29) is 12.0 Å². The summed E-state index contributed by atoms with van der Waals surface area (Å²) >= 11 is 7.82. The number of aliphatic hydroxyl groups excluding tert-OH is 1. The summed E-state index contributed by atoms with van der Waals surface area (Å²) in [5.41, 5.74) is 1.88. The Bertz CT molecular complexity index is 925. The molecule has 0 unspecified atom stereocenters. The number of morpholine rings is 1. The minimum atomic E-state index is -0.00130. The number of halogens is 1. The number of aliphatic hydroxyl groups is 1. The molecule has 0 atom stereocenters. The van der Waals surface area contributed by atoms with Gasteiger partial charge >= 0.3 is 0 Å². The fourth-order valence-corrected chi connectivity index (χ4v) is 4.71. The van der Waals surface area contributed by atoms with Crippen LogP contribution in [0.1, 0.15) is 35.2 Å². The summed E-state index contributed by atoms with van der Waals surface area (Å²) in [4.78, 5) is 14.4. The van der Waals surface area contributed by atoms with Crippen LogP contribution in [0.5, 0.6) is 0 Å². The smallest absolute Gasteiger partial charge is 0.131 e. The van der Waals surface area contributed by atoms with E-state index in [0.717, 1.165) is 79.9 Å². The molecule has 30 heavy (non-hydrogen) atoms. The summed E-state index contributed by atoms with van der Waals surface area (Å²) < 4.78 is 5.40. The molecule has 2 aliphatic heterocycles. The first kappa shape index (κ1) is 21.5. The van der Waals surface area contributed by atoms with Crippen molar-refractivity contribution in [2.24, 2.45) is 5.41 Å². The van der Waals surface area contributed by atoms with E-state index in [4.69, 9.17) is 16.3 Å². The molecule has 0 bridgehead atoms. The molecule has 6 nitrogen and oxygen atoms in total. The number of pyridine rings is 1. The molecular weight excluding hydrogens is 420 g/mol. The molecule has 0 saturated carbocycles. The molecule has 2 aromatic rings. The maximum absolute atomic E-state index is 9.64. The van der Waals surface area contributed by atoms with Crippen molar-refractivity contribution in [1.29, 1.82) is 0 Å². The van der Waals surface area contributed by atoms with Crippen molar-refractivity contribution >= 4 is 28.6 Å². The number of anilines is 1. The Morgan fingerprint density at radius 3 is 2.67 bits per heavy atom. The maximum atomic E-state index is 9.64. The highest BCUT2D eigenvalue weighted by Crippen LogP contribution is 2.34. The van der Waals surface area contributed by atoms with Crippen LogP contribution < -0.4 is 4.90 Å². The average molecular weight is 447 g/mol. The van der Waals surface area contributed by atoms with E-state index in [1.54, 1.807) is 17.5 Å². The number of hydrogen-bond donors (Lipinski definition) is 1. The van der Waals surface area contributed by atoms with E-state index in [1.807, 2.05) is 12.3 Å².